The molecule has 3 nitrogen and oxygen atoms in total. The van der Waals surface area contributed by atoms with Crippen LogP contribution in [0.2, 0.25) is 0 Å². The van der Waals surface area contributed by atoms with Crippen molar-refractivity contribution in [2.45, 2.75) is 104 Å². The molecular formula is C22H34O3. The Morgan fingerprint density at radius 1 is 1.04 bits per heavy atom. The molecular weight excluding hydrogens is 312 g/mol. The van der Waals surface area contributed by atoms with Crippen molar-refractivity contribution in [2.24, 2.45) is 16.7 Å². The van der Waals surface area contributed by atoms with Crippen molar-refractivity contribution in [3.63, 3.8) is 0 Å². The first-order valence-corrected chi connectivity index (χ1v) is 10.1. The maximum Gasteiger partial charge on any atom is 0.164 e. The number of allylic oxidation sites excluding steroid dienone is 1. The minimum absolute atomic E-state index is 0.0361. The van der Waals surface area contributed by atoms with Gasteiger partial charge in [0.15, 0.2) is 11.6 Å². The van der Waals surface area contributed by atoms with Crippen LogP contribution >= 0.6 is 0 Å². The second-order valence-corrected chi connectivity index (χ2v) is 10.3. The highest BCUT2D eigenvalue weighted by Gasteiger charge is 2.68. The van der Waals surface area contributed by atoms with E-state index in [-0.39, 0.29) is 22.5 Å². The lowest BCUT2D eigenvalue weighted by Crippen LogP contribution is -2.62. The van der Waals surface area contributed by atoms with Crippen molar-refractivity contribution >= 4 is 5.78 Å². The summed E-state index contributed by atoms with van der Waals surface area (Å²) in [5.74, 6) is 0.193. The van der Waals surface area contributed by atoms with Gasteiger partial charge in [-0.25, -0.2) is 0 Å². The summed E-state index contributed by atoms with van der Waals surface area (Å²) in [6, 6.07) is 0. The first-order chi connectivity index (χ1) is 11.5. The average Bonchev–Trinajstić information content (AvgIpc) is 2.75. The van der Waals surface area contributed by atoms with Gasteiger partial charge in [-0.3, -0.25) is 4.79 Å². The lowest BCUT2D eigenvalue weighted by Gasteiger charge is -2.57. The van der Waals surface area contributed by atoms with Crippen LogP contribution in [0.15, 0.2) is 11.1 Å². The second-order valence-electron chi connectivity index (χ2n) is 10.3. The molecule has 3 aliphatic carbocycles. The molecule has 0 amide bonds. The molecule has 25 heavy (non-hydrogen) atoms. The van der Waals surface area contributed by atoms with Gasteiger partial charge in [-0.2, -0.15) is 0 Å². The molecule has 0 radical (unpaired) electrons. The first kappa shape index (κ1) is 17.7. The van der Waals surface area contributed by atoms with Crippen molar-refractivity contribution in [2.75, 3.05) is 0 Å². The summed E-state index contributed by atoms with van der Waals surface area (Å²) in [4.78, 5) is 13.5. The Bertz CT molecular complexity index is 644. The van der Waals surface area contributed by atoms with Gasteiger partial charge in [-0.05, 0) is 57.8 Å². The van der Waals surface area contributed by atoms with E-state index in [1.165, 1.54) is 18.4 Å². The number of carbonyl (C=O) groups excluding carboxylic acids is 1. The predicted molar refractivity (Wildman–Crippen MR) is 98.2 cm³/mol. The van der Waals surface area contributed by atoms with E-state index in [1.807, 2.05) is 0 Å². The molecule has 1 aliphatic heterocycles. The van der Waals surface area contributed by atoms with Gasteiger partial charge in [0.25, 0.3) is 0 Å². The Kier molecular flexibility index (Phi) is 3.68. The van der Waals surface area contributed by atoms with Crippen molar-refractivity contribution in [1.82, 2.24) is 0 Å². The Balaban J connectivity index is 1.95. The van der Waals surface area contributed by atoms with Crippen LogP contribution in [0.4, 0.5) is 0 Å². The molecule has 4 aliphatic rings. The van der Waals surface area contributed by atoms with Crippen LogP contribution in [0.1, 0.15) is 86.5 Å². The smallest absolute Gasteiger partial charge is 0.164 e. The van der Waals surface area contributed by atoms with Crippen molar-refractivity contribution in [3.8, 4) is 0 Å². The molecule has 2 bridgehead atoms. The maximum absolute atomic E-state index is 13.5. The third-order valence-corrected chi connectivity index (χ3v) is 7.90. The lowest BCUT2D eigenvalue weighted by atomic mass is 9.50. The molecule has 1 heterocycles. The third-order valence-electron chi connectivity index (χ3n) is 7.90. The van der Waals surface area contributed by atoms with Crippen molar-refractivity contribution in [3.05, 3.63) is 11.1 Å². The van der Waals surface area contributed by atoms with E-state index in [4.69, 9.17) is 9.47 Å². The van der Waals surface area contributed by atoms with Crippen LogP contribution in [0, 0.1) is 16.7 Å². The quantitative estimate of drug-likeness (QED) is 0.606. The van der Waals surface area contributed by atoms with Crippen LogP contribution in [-0.4, -0.2) is 23.3 Å². The molecule has 0 aromatic carbocycles. The molecule has 3 heteroatoms. The number of ether oxygens (including phenoxy) is 2. The topological polar surface area (TPSA) is 35.5 Å². The average molecular weight is 347 g/mol. The summed E-state index contributed by atoms with van der Waals surface area (Å²) in [7, 11) is 0. The van der Waals surface area contributed by atoms with Gasteiger partial charge in [0.1, 0.15) is 5.60 Å². The monoisotopic (exact) mass is 346 g/mol. The summed E-state index contributed by atoms with van der Waals surface area (Å²) in [5, 5.41) is 0. The Morgan fingerprint density at radius 2 is 1.76 bits per heavy atom. The summed E-state index contributed by atoms with van der Waals surface area (Å²) in [5.41, 5.74) is 1.66. The molecule has 4 atom stereocenters. The fraction of sp³-hybridized carbons (Fsp3) is 0.864. The molecule has 3 fully saturated rings. The molecule has 4 rings (SSSR count). The third kappa shape index (κ3) is 2.27. The van der Waals surface area contributed by atoms with E-state index in [2.05, 4.69) is 41.5 Å². The molecule has 0 aromatic rings. The fourth-order valence-corrected chi connectivity index (χ4v) is 6.77. The number of fused-ring (bicyclic) bond motifs is 3. The van der Waals surface area contributed by atoms with Gasteiger partial charge in [-0.15, -0.1) is 0 Å². The lowest BCUT2D eigenvalue weighted by molar-refractivity contribution is -0.186. The molecule has 140 valence electrons. The molecule has 2 saturated carbocycles. The number of ketones is 1. The highest BCUT2D eigenvalue weighted by atomic mass is 16.8. The van der Waals surface area contributed by atoms with Crippen LogP contribution in [-0.2, 0) is 14.3 Å². The Morgan fingerprint density at radius 3 is 2.48 bits per heavy atom. The van der Waals surface area contributed by atoms with Gasteiger partial charge >= 0.3 is 0 Å². The second kappa shape index (κ2) is 5.19. The van der Waals surface area contributed by atoms with Crippen LogP contribution in [0.25, 0.3) is 0 Å². The van der Waals surface area contributed by atoms with Crippen LogP contribution < -0.4 is 0 Å². The van der Waals surface area contributed by atoms with Crippen molar-refractivity contribution in [1.29, 1.82) is 0 Å². The molecule has 1 saturated heterocycles. The number of carbonyl (C=O) groups is 1. The van der Waals surface area contributed by atoms with E-state index in [0.29, 0.717) is 18.1 Å². The van der Waals surface area contributed by atoms with Gasteiger partial charge in [0.05, 0.1) is 6.10 Å². The van der Waals surface area contributed by atoms with Gasteiger partial charge in [0.2, 0.25) is 0 Å². The zero-order valence-electron chi connectivity index (χ0n) is 16.8. The highest BCUT2D eigenvalue weighted by molar-refractivity contribution is 5.98. The number of Topliss-reactive ketones (excluding diaryl/α,β-unsaturated/α-hetero) is 1. The molecule has 0 unspecified atom stereocenters. The number of hydrogen-bond donors (Lipinski definition) is 0. The predicted octanol–water partition coefficient (Wildman–Crippen LogP) is 5.18. The summed E-state index contributed by atoms with van der Waals surface area (Å²) >= 11 is 0. The number of hydrogen-bond acceptors (Lipinski definition) is 3. The first-order valence-electron chi connectivity index (χ1n) is 10.1. The van der Waals surface area contributed by atoms with E-state index in [0.717, 1.165) is 31.3 Å². The fourth-order valence-electron chi connectivity index (χ4n) is 6.77. The largest absolute Gasteiger partial charge is 0.344 e. The molecule has 0 aromatic heterocycles. The van der Waals surface area contributed by atoms with Gasteiger partial charge in [-0.1, -0.05) is 39.2 Å². The minimum atomic E-state index is -0.579. The number of rotatable bonds is 0. The Labute approximate surface area is 152 Å². The van der Waals surface area contributed by atoms with Crippen molar-refractivity contribution < 1.29 is 14.3 Å². The van der Waals surface area contributed by atoms with E-state index in [9.17, 15) is 4.79 Å². The zero-order valence-corrected chi connectivity index (χ0v) is 16.8. The highest BCUT2D eigenvalue weighted by Crippen LogP contribution is 2.64. The van der Waals surface area contributed by atoms with E-state index < -0.39 is 5.79 Å². The van der Waals surface area contributed by atoms with E-state index in [1.54, 1.807) is 0 Å². The summed E-state index contributed by atoms with van der Waals surface area (Å²) < 4.78 is 13.4. The SMILES string of the molecule is CC1=C2C(=O)C[C@]3(C)CCCC[C@H]3[C@@H]3OC(C)(C)O[C@@]3(CC1)C2(C)C. The van der Waals surface area contributed by atoms with Gasteiger partial charge < -0.3 is 9.47 Å². The standard InChI is InChI=1S/C22H34O3/c1-14-10-12-22-18(24-20(4,5)25-22)15-9-7-8-11-21(15,6)13-16(23)17(14)19(22,2)3/h15,18H,7-13H2,1-6H3/t15-,18-,21-,22+/m0/s1. The van der Waals surface area contributed by atoms with Crippen LogP contribution in [0.3, 0.4) is 0 Å². The Hall–Kier alpha value is -0.670. The van der Waals surface area contributed by atoms with Gasteiger partial charge in [0, 0.05) is 17.4 Å². The van der Waals surface area contributed by atoms with Crippen LogP contribution in [0.5, 0.6) is 0 Å². The summed E-state index contributed by atoms with van der Waals surface area (Å²) in [6.45, 7) is 13.0. The summed E-state index contributed by atoms with van der Waals surface area (Å²) in [6.07, 6.45) is 7.42. The maximum atomic E-state index is 13.5. The van der Waals surface area contributed by atoms with E-state index >= 15 is 0 Å². The minimum Gasteiger partial charge on any atom is -0.344 e. The normalized spacial score (nSPS) is 45.4. The zero-order chi connectivity index (χ0) is 18.3. The molecule has 0 N–H and O–H groups in total. The molecule has 1 spiro atoms.